The van der Waals surface area contributed by atoms with Crippen LogP contribution in [0.1, 0.15) is 60.0 Å². The van der Waals surface area contributed by atoms with E-state index in [1.165, 1.54) is 4.90 Å². The molecule has 1 aromatic carbocycles. The van der Waals surface area contributed by atoms with Gasteiger partial charge in [-0.1, -0.05) is 24.6 Å². The van der Waals surface area contributed by atoms with Crippen LogP contribution in [0.3, 0.4) is 0 Å². The summed E-state index contributed by atoms with van der Waals surface area (Å²) in [6.07, 6.45) is -1.47. The molecule has 3 atom stereocenters. The molecule has 3 aliphatic heterocycles. The highest BCUT2D eigenvalue weighted by Crippen LogP contribution is 2.31. The van der Waals surface area contributed by atoms with Gasteiger partial charge in [0.25, 0.3) is 5.91 Å². The summed E-state index contributed by atoms with van der Waals surface area (Å²) in [6, 6.07) is 2.47. The van der Waals surface area contributed by atoms with Gasteiger partial charge in [0.05, 0.1) is 0 Å². The van der Waals surface area contributed by atoms with Gasteiger partial charge in [0, 0.05) is 31.1 Å². The van der Waals surface area contributed by atoms with E-state index in [1.54, 1.807) is 18.2 Å². The van der Waals surface area contributed by atoms with E-state index in [0.717, 1.165) is 19.4 Å². The van der Waals surface area contributed by atoms with Crippen molar-refractivity contribution in [3.05, 3.63) is 34.9 Å². The van der Waals surface area contributed by atoms with Crippen LogP contribution in [0.4, 0.5) is 13.2 Å². The van der Waals surface area contributed by atoms with Crippen molar-refractivity contribution in [2.24, 2.45) is 0 Å². The monoisotopic (exact) mass is 452 g/mol. The lowest BCUT2D eigenvalue weighted by atomic mass is 9.97. The summed E-state index contributed by atoms with van der Waals surface area (Å²) in [5.74, 6) is -1.27. The van der Waals surface area contributed by atoms with Crippen molar-refractivity contribution in [3.63, 3.8) is 0 Å². The Morgan fingerprint density at radius 3 is 2.66 bits per heavy atom. The van der Waals surface area contributed by atoms with Crippen molar-refractivity contribution in [3.8, 4) is 0 Å². The number of alkyl halides is 3. The molecule has 3 amide bonds. The molecule has 4 rings (SSSR count). The predicted octanol–water partition coefficient (Wildman–Crippen LogP) is 2.00. The molecule has 0 bridgehead atoms. The second-order valence-electron chi connectivity index (χ2n) is 8.71. The maximum Gasteiger partial charge on any atom is 0.403 e. The van der Waals surface area contributed by atoms with Crippen molar-refractivity contribution in [2.75, 3.05) is 6.54 Å². The number of imide groups is 1. The number of benzene rings is 1. The molecule has 7 nitrogen and oxygen atoms in total. The molecule has 0 spiro atoms. The third-order valence-corrected chi connectivity index (χ3v) is 6.51. The SMILES string of the molecule is O=C1CCC(N2Cc3cccc(CNC(CC4CCCCN4)C(F)(F)F)c3C2=O)C(=O)N1. The van der Waals surface area contributed by atoms with Crippen LogP contribution >= 0.6 is 0 Å². The quantitative estimate of drug-likeness (QED) is 0.575. The molecule has 0 saturated carbocycles. The molecule has 0 aliphatic carbocycles. The molecule has 3 N–H and O–H groups in total. The lowest BCUT2D eigenvalue weighted by Gasteiger charge is -2.30. The molecule has 0 aromatic heterocycles. The second kappa shape index (κ2) is 9.19. The molecule has 2 fully saturated rings. The zero-order valence-corrected chi connectivity index (χ0v) is 17.6. The third-order valence-electron chi connectivity index (χ3n) is 6.51. The average Bonchev–Trinajstić information content (AvgIpc) is 3.08. The van der Waals surface area contributed by atoms with Crippen LogP contribution in [0.25, 0.3) is 0 Å². The standard InChI is InChI=1S/C22H27F3N4O3/c23-22(24,25)17(10-15-6-1-2-9-26-15)27-11-13-4-3-5-14-12-29(21(32)19(13)14)16-7-8-18(30)28-20(16)31/h3-5,15-17,26-27H,1-2,6-12H2,(H,28,30,31). The molecule has 3 aliphatic rings. The summed E-state index contributed by atoms with van der Waals surface area (Å²) in [5, 5.41) is 8.03. The molecule has 3 unspecified atom stereocenters. The molecular weight excluding hydrogens is 425 g/mol. The highest BCUT2D eigenvalue weighted by molar-refractivity contribution is 6.05. The Kier molecular flexibility index (Phi) is 6.52. The zero-order chi connectivity index (χ0) is 22.9. The van der Waals surface area contributed by atoms with Gasteiger partial charge in [-0.2, -0.15) is 13.2 Å². The Morgan fingerprint density at radius 2 is 1.97 bits per heavy atom. The summed E-state index contributed by atoms with van der Waals surface area (Å²) in [6.45, 7) is 0.824. The highest BCUT2D eigenvalue weighted by atomic mass is 19.4. The van der Waals surface area contributed by atoms with Crippen molar-refractivity contribution < 1.29 is 27.6 Å². The van der Waals surface area contributed by atoms with E-state index in [4.69, 9.17) is 0 Å². The summed E-state index contributed by atoms with van der Waals surface area (Å²) < 4.78 is 41.0. The van der Waals surface area contributed by atoms with Crippen molar-refractivity contribution in [1.82, 2.24) is 20.9 Å². The molecule has 3 heterocycles. The molecule has 32 heavy (non-hydrogen) atoms. The van der Waals surface area contributed by atoms with Crippen LogP contribution in [0.2, 0.25) is 0 Å². The summed E-state index contributed by atoms with van der Waals surface area (Å²) >= 11 is 0. The normalized spacial score (nSPS) is 25.0. The van der Waals surface area contributed by atoms with Gasteiger partial charge in [-0.15, -0.1) is 0 Å². The van der Waals surface area contributed by atoms with Gasteiger partial charge < -0.3 is 15.5 Å². The Labute approximate surface area is 184 Å². The van der Waals surface area contributed by atoms with Gasteiger partial charge in [-0.25, -0.2) is 0 Å². The number of piperidine rings is 2. The molecule has 2 saturated heterocycles. The molecular formula is C22H27F3N4O3. The van der Waals surface area contributed by atoms with E-state index in [-0.39, 0.29) is 50.2 Å². The van der Waals surface area contributed by atoms with Gasteiger partial charge in [-0.05, 0) is 43.4 Å². The first-order valence-electron chi connectivity index (χ1n) is 11.0. The molecule has 174 valence electrons. The second-order valence-corrected chi connectivity index (χ2v) is 8.71. The Hall–Kier alpha value is -2.46. The number of nitrogens with one attached hydrogen (secondary N) is 3. The first kappa shape index (κ1) is 22.7. The van der Waals surface area contributed by atoms with Gasteiger partial charge >= 0.3 is 6.18 Å². The van der Waals surface area contributed by atoms with Crippen LogP contribution in [0, 0.1) is 0 Å². The molecule has 1 aromatic rings. The number of nitrogens with zero attached hydrogens (tertiary/aromatic N) is 1. The van der Waals surface area contributed by atoms with Gasteiger partial charge in [-0.3, -0.25) is 19.7 Å². The predicted molar refractivity (Wildman–Crippen MR) is 109 cm³/mol. The van der Waals surface area contributed by atoms with Crippen LogP contribution in [-0.2, 0) is 22.7 Å². The number of amides is 3. The van der Waals surface area contributed by atoms with Crippen molar-refractivity contribution in [2.45, 2.75) is 75.9 Å². The van der Waals surface area contributed by atoms with Gasteiger partial charge in [0.2, 0.25) is 11.8 Å². The van der Waals surface area contributed by atoms with Crippen LogP contribution in [0.5, 0.6) is 0 Å². The minimum atomic E-state index is -4.40. The third kappa shape index (κ3) is 4.80. The number of carbonyl (C=O) groups is 3. The summed E-state index contributed by atoms with van der Waals surface area (Å²) in [7, 11) is 0. The Morgan fingerprint density at radius 1 is 1.16 bits per heavy atom. The topological polar surface area (TPSA) is 90.5 Å². The smallest absolute Gasteiger partial charge is 0.322 e. The van der Waals surface area contributed by atoms with Crippen molar-refractivity contribution in [1.29, 1.82) is 0 Å². The van der Waals surface area contributed by atoms with E-state index >= 15 is 0 Å². The summed E-state index contributed by atoms with van der Waals surface area (Å²) in [4.78, 5) is 38.1. The lowest BCUT2D eigenvalue weighted by Crippen LogP contribution is -2.52. The number of carbonyl (C=O) groups excluding carboxylic acids is 3. The fraction of sp³-hybridized carbons (Fsp3) is 0.591. The number of hydrogen-bond acceptors (Lipinski definition) is 5. The van der Waals surface area contributed by atoms with Crippen molar-refractivity contribution >= 4 is 17.7 Å². The maximum atomic E-state index is 13.7. The number of halogens is 3. The number of rotatable bonds is 6. The minimum Gasteiger partial charge on any atom is -0.322 e. The number of fused-ring (bicyclic) bond motifs is 1. The van der Waals surface area contributed by atoms with Gasteiger partial charge in [0.15, 0.2) is 0 Å². The lowest BCUT2D eigenvalue weighted by molar-refractivity contribution is -0.159. The molecule has 10 heteroatoms. The van der Waals surface area contributed by atoms with Crippen LogP contribution in [0.15, 0.2) is 18.2 Å². The largest absolute Gasteiger partial charge is 0.403 e. The minimum absolute atomic E-state index is 0.0606. The fourth-order valence-corrected chi connectivity index (χ4v) is 4.81. The Balaban J connectivity index is 1.47. The van der Waals surface area contributed by atoms with E-state index < -0.39 is 24.2 Å². The van der Waals surface area contributed by atoms with E-state index in [0.29, 0.717) is 23.1 Å². The maximum absolute atomic E-state index is 13.7. The first-order valence-corrected chi connectivity index (χ1v) is 11.0. The average molecular weight is 452 g/mol. The van der Waals surface area contributed by atoms with E-state index in [1.807, 2.05) is 0 Å². The Bertz CT molecular complexity index is 899. The van der Waals surface area contributed by atoms with Gasteiger partial charge in [0.1, 0.15) is 12.1 Å². The highest BCUT2D eigenvalue weighted by Gasteiger charge is 2.42. The first-order chi connectivity index (χ1) is 15.2. The number of hydrogen-bond donors (Lipinski definition) is 3. The fourth-order valence-electron chi connectivity index (χ4n) is 4.81. The van der Waals surface area contributed by atoms with E-state index in [9.17, 15) is 27.6 Å². The van der Waals surface area contributed by atoms with E-state index in [2.05, 4.69) is 16.0 Å². The summed E-state index contributed by atoms with van der Waals surface area (Å²) in [5.41, 5.74) is 1.51. The molecule has 0 radical (unpaired) electrons. The zero-order valence-electron chi connectivity index (χ0n) is 17.6. The van der Waals surface area contributed by atoms with Crippen LogP contribution in [-0.4, -0.2) is 53.5 Å². The van der Waals surface area contributed by atoms with Crippen LogP contribution < -0.4 is 16.0 Å².